The Bertz CT molecular complexity index is 1420. The Labute approximate surface area is 265 Å². The second kappa shape index (κ2) is 15.2. The normalized spacial score (nSPS) is 18.2. The molecule has 0 bridgehead atoms. The molecule has 240 valence electrons. The molecular formula is C35H45N5O5. The van der Waals surface area contributed by atoms with E-state index >= 15 is 0 Å². The number of piperidine rings is 1. The predicted molar refractivity (Wildman–Crippen MR) is 171 cm³/mol. The van der Waals surface area contributed by atoms with Gasteiger partial charge in [-0.15, -0.1) is 0 Å². The van der Waals surface area contributed by atoms with Crippen LogP contribution in [0.25, 0.3) is 11.5 Å². The Morgan fingerprint density at radius 2 is 1.76 bits per heavy atom. The molecule has 0 radical (unpaired) electrons. The number of aromatic nitrogens is 1. The molecule has 1 aromatic heterocycles. The minimum atomic E-state index is -0.797. The van der Waals surface area contributed by atoms with Gasteiger partial charge in [0.2, 0.25) is 17.7 Å². The van der Waals surface area contributed by atoms with Crippen LogP contribution in [-0.4, -0.2) is 77.0 Å². The first-order valence-electron chi connectivity index (χ1n) is 16.2. The second-order valence-corrected chi connectivity index (χ2v) is 12.0. The molecule has 10 heteroatoms. The molecule has 45 heavy (non-hydrogen) atoms. The molecule has 3 amide bonds. The van der Waals surface area contributed by atoms with Gasteiger partial charge in [0.25, 0.3) is 0 Å². The second-order valence-electron chi connectivity index (χ2n) is 12.0. The Hall–Kier alpha value is -4.18. The van der Waals surface area contributed by atoms with Crippen LogP contribution in [0.15, 0.2) is 65.1 Å². The molecule has 2 aromatic carbocycles. The molecular weight excluding hydrogens is 570 g/mol. The number of carbonyl (C=O) groups is 3. The molecule has 3 aromatic rings. The summed E-state index contributed by atoms with van der Waals surface area (Å²) in [6.07, 6.45) is 4.24. The fourth-order valence-corrected chi connectivity index (χ4v) is 6.33. The molecule has 5 rings (SSSR count). The standard InChI is InChI=1S/C35H45N5O5/c1-3-21-40-32(41)30(16-10-11-20-36-34(43)44-25-27-12-6-4-7-13-27)38-33(42)35(40)18-23-39(24-19-35)22-17-29-26(2)45-31(37-29)28-14-8-5-9-15-28/h4-9,12-15,30H,3,10-11,16-25H2,1-2H3,(H,36,43)(H,38,42)/t30-/m0/s1. The van der Waals surface area contributed by atoms with Gasteiger partial charge in [0.05, 0.1) is 5.69 Å². The van der Waals surface area contributed by atoms with Crippen LogP contribution in [0.5, 0.6) is 0 Å². The summed E-state index contributed by atoms with van der Waals surface area (Å²) in [7, 11) is 0. The third kappa shape index (κ3) is 7.92. The number of alkyl carbamates (subject to hydrolysis) is 1. The van der Waals surface area contributed by atoms with Crippen molar-refractivity contribution < 1.29 is 23.5 Å². The van der Waals surface area contributed by atoms with Crippen molar-refractivity contribution in [2.24, 2.45) is 0 Å². The van der Waals surface area contributed by atoms with Crippen molar-refractivity contribution in [3.8, 4) is 11.5 Å². The lowest BCUT2D eigenvalue weighted by molar-refractivity contribution is -0.161. The van der Waals surface area contributed by atoms with Crippen LogP contribution in [0.4, 0.5) is 4.79 Å². The van der Waals surface area contributed by atoms with E-state index in [1.54, 1.807) is 0 Å². The van der Waals surface area contributed by atoms with Crippen molar-refractivity contribution in [3.63, 3.8) is 0 Å². The van der Waals surface area contributed by atoms with E-state index in [9.17, 15) is 14.4 Å². The fourth-order valence-electron chi connectivity index (χ4n) is 6.33. The highest BCUT2D eigenvalue weighted by atomic mass is 16.5. The van der Waals surface area contributed by atoms with Crippen LogP contribution in [0, 0.1) is 6.92 Å². The van der Waals surface area contributed by atoms with Gasteiger partial charge in [-0.25, -0.2) is 9.78 Å². The average Bonchev–Trinajstić information content (AvgIpc) is 3.45. The van der Waals surface area contributed by atoms with E-state index in [1.807, 2.05) is 79.4 Å². The molecule has 0 aliphatic carbocycles. The zero-order valence-electron chi connectivity index (χ0n) is 26.4. The van der Waals surface area contributed by atoms with E-state index in [-0.39, 0.29) is 18.4 Å². The first-order chi connectivity index (χ1) is 21.9. The highest BCUT2D eigenvalue weighted by Gasteiger charge is 2.53. The highest BCUT2D eigenvalue weighted by molar-refractivity contribution is 6.00. The Balaban J connectivity index is 1.07. The molecule has 10 nitrogen and oxygen atoms in total. The number of hydrogen-bond acceptors (Lipinski definition) is 7. The van der Waals surface area contributed by atoms with Gasteiger partial charge in [-0.2, -0.15) is 0 Å². The van der Waals surface area contributed by atoms with Gasteiger partial charge in [0, 0.05) is 44.7 Å². The molecule has 0 unspecified atom stereocenters. The first-order valence-corrected chi connectivity index (χ1v) is 16.2. The number of benzene rings is 2. The van der Waals surface area contributed by atoms with E-state index in [4.69, 9.17) is 14.1 Å². The topological polar surface area (TPSA) is 117 Å². The lowest BCUT2D eigenvalue weighted by atomic mass is 9.81. The maximum atomic E-state index is 13.7. The number of hydrogen-bond donors (Lipinski definition) is 2. The Morgan fingerprint density at radius 3 is 2.47 bits per heavy atom. The maximum Gasteiger partial charge on any atom is 0.407 e. The lowest BCUT2D eigenvalue weighted by Crippen LogP contribution is -2.72. The third-order valence-electron chi connectivity index (χ3n) is 8.92. The number of carbonyl (C=O) groups excluding carboxylic acids is 3. The summed E-state index contributed by atoms with van der Waals surface area (Å²) < 4.78 is 11.2. The summed E-state index contributed by atoms with van der Waals surface area (Å²) >= 11 is 0. The molecule has 3 heterocycles. The van der Waals surface area contributed by atoms with Gasteiger partial charge in [-0.05, 0) is 63.1 Å². The van der Waals surface area contributed by atoms with Gasteiger partial charge in [-0.3, -0.25) is 9.59 Å². The third-order valence-corrected chi connectivity index (χ3v) is 8.92. The summed E-state index contributed by atoms with van der Waals surface area (Å²) in [4.78, 5) is 48.3. The van der Waals surface area contributed by atoms with Crippen LogP contribution in [-0.2, 0) is 27.4 Å². The molecule has 1 atom stereocenters. The molecule has 2 aliphatic rings. The van der Waals surface area contributed by atoms with E-state index < -0.39 is 17.7 Å². The predicted octanol–water partition coefficient (Wildman–Crippen LogP) is 4.86. The summed E-state index contributed by atoms with van der Waals surface area (Å²) in [5.74, 6) is 1.44. The molecule has 0 saturated carbocycles. The van der Waals surface area contributed by atoms with Crippen molar-refractivity contribution >= 4 is 17.9 Å². The van der Waals surface area contributed by atoms with Crippen molar-refractivity contribution in [2.45, 2.75) is 77.0 Å². The molecule has 2 fully saturated rings. The molecule has 2 N–H and O–H groups in total. The number of nitrogens with one attached hydrogen (secondary N) is 2. The van der Waals surface area contributed by atoms with E-state index in [1.165, 1.54) is 0 Å². The van der Waals surface area contributed by atoms with Crippen molar-refractivity contribution in [2.75, 3.05) is 32.7 Å². The van der Waals surface area contributed by atoms with Crippen molar-refractivity contribution in [1.82, 2.24) is 25.4 Å². The van der Waals surface area contributed by atoms with E-state index in [0.29, 0.717) is 51.1 Å². The van der Waals surface area contributed by atoms with Gasteiger partial charge in [0.15, 0.2) is 0 Å². The van der Waals surface area contributed by atoms with Crippen LogP contribution in [0.3, 0.4) is 0 Å². The van der Waals surface area contributed by atoms with Gasteiger partial charge in [0.1, 0.15) is 23.9 Å². The minimum absolute atomic E-state index is 0.00629. The van der Waals surface area contributed by atoms with Crippen LogP contribution < -0.4 is 10.6 Å². The first kappa shape index (κ1) is 32.2. The lowest BCUT2D eigenvalue weighted by Gasteiger charge is -2.51. The number of aryl methyl sites for hydroxylation is 1. The zero-order valence-corrected chi connectivity index (χ0v) is 26.4. The monoisotopic (exact) mass is 615 g/mol. The SMILES string of the molecule is CCCN1C(=O)[C@H](CCCCNC(=O)OCc2ccccc2)NC(=O)C12CCN(CCc1nc(-c3ccccc3)oc1C)CC2. The highest BCUT2D eigenvalue weighted by Crippen LogP contribution is 2.34. The number of unbranched alkanes of at least 4 members (excludes halogenated alkanes) is 1. The summed E-state index contributed by atoms with van der Waals surface area (Å²) in [6.45, 7) is 7.52. The van der Waals surface area contributed by atoms with Crippen molar-refractivity contribution in [1.29, 1.82) is 0 Å². The smallest absolute Gasteiger partial charge is 0.407 e. The van der Waals surface area contributed by atoms with Gasteiger partial charge >= 0.3 is 6.09 Å². The van der Waals surface area contributed by atoms with Crippen molar-refractivity contribution in [3.05, 3.63) is 77.7 Å². The van der Waals surface area contributed by atoms with E-state index in [0.717, 1.165) is 55.1 Å². The molecule has 2 aliphatic heterocycles. The number of nitrogens with zero attached hydrogens (tertiary/aromatic N) is 3. The largest absolute Gasteiger partial charge is 0.445 e. The maximum absolute atomic E-state index is 13.7. The Morgan fingerprint density at radius 1 is 1.04 bits per heavy atom. The van der Waals surface area contributed by atoms with Crippen LogP contribution in [0.2, 0.25) is 0 Å². The average molecular weight is 616 g/mol. The number of amides is 3. The molecule has 1 spiro atoms. The number of rotatable bonds is 13. The van der Waals surface area contributed by atoms with Crippen LogP contribution >= 0.6 is 0 Å². The molecule has 2 saturated heterocycles. The summed E-state index contributed by atoms with van der Waals surface area (Å²) in [5.41, 5.74) is 2.05. The number of likely N-dealkylation sites (tertiary alicyclic amines) is 1. The fraction of sp³-hybridized carbons (Fsp3) is 0.486. The minimum Gasteiger partial charge on any atom is -0.445 e. The van der Waals surface area contributed by atoms with E-state index in [2.05, 4.69) is 15.5 Å². The number of ether oxygens (including phenoxy) is 1. The zero-order chi connectivity index (χ0) is 31.6. The van der Waals surface area contributed by atoms with Gasteiger partial charge in [-0.1, -0.05) is 55.5 Å². The quantitative estimate of drug-likeness (QED) is 0.264. The Kier molecular flexibility index (Phi) is 10.9. The number of oxazole rings is 1. The van der Waals surface area contributed by atoms with Crippen LogP contribution in [0.1, 0.15) is 62.5 Å². The summed E-state index contributed by atoms with van der Waals surface area (Å²) in [5, 5.41) is 5.83. The number of piperazine rings is 1. The summed E-state index contributed by atoms with van der Waals surface area (Å²) in [6, 6.07) is 18.9. The van der Waals surface area contributed by atoms with Gasteiger partial charge < -0.3 is 29.6 Å².